The molecule has 2 aromatic rings. The molecule has 0 radical (unpaired) electrons. The lowest BCUT2D eigenvalue weighted by molar-refractivity contribution is -0.0835. The maximum absolute atomic E-state index is 6.07. The van der Waals surface area contributed by atoms with Crippen molar-refractivity contribution in [3.63, 3.8) is 0 Å². The average Bonchev–Trinajstić information content (AvgIpc) is 3.19. The molecule has 8 heteroatoms. The van der Waals surface area contributed by atoms with Crippen molar-refractivity contribution in [2.24, 2.45) is 16.3 Å². The second-order valence-electron chi connectivity index (χ2n) is 8.71. The molecule has 0 aliphatic carbocycles. The highest BCUT2D eigenvalue weighted by Gasteiger charge is 2.35. The Bertz CT molecular complexity index is 846. The molecule has 1 aliphatic rings. The van der Waals surface area contributed by atoms with Crippen LogP contribution in [0.2, 0.25) is 5.02 Å². The number of aliphatic imine (C=N–C) groups is 1. The van der Waals surface area contributed by atoms with Crippen LogP contribution in [0.25, 0.3) is 11.4 Å². The highest BCUT2D eigenvalue weighted by atomic mass is 35.5. The summed E-state index contributed by atoms with van der Waals surface area (Å²) in [4.78, 5) is 8.77. The van der Waals surface area contributed by atoms with E-state index in [1.165, 1.54) is 6.42 Å². The van der Waals surface area contributed by atoms with E-state index in [0.717, 1.165) is 31.1 Å². The number of rotatable bonds is 6. The summed E-state index contributed by atoms with van der Waals surface area (Å²) in [6, 6.07) is 7.41. The first-order valence-electron chi connectivity index (χ1n) is 10.5. The second kappa shape index (κ2) is 10.3. The average molecular weight is 434 g/mol. The van der Waals surface area contributed by atoms with Gasteiger partial charge in [0.2, 0.25) is 11.7 Å². The van der Waals surface area contributed by atoms with Crippen molar-refractivity contribution in [2.75, 3.05) is 26.7 Å². The summed E-state index contributed by atoms with van der Waals surface area (Å²) in [5.41, 5.74) is 0.966. The van der Waals surface area contributed by atoms with Crippen LogP contribution in [0.1, 0.15) is 39.5 Å². The molecule has 1 aromatic heterocycles. The Kier molecular flexibility index (Phi) is 7.72. The molecule has 1 aliphatic heterocycles. The predicted molar refractivity (Wildman–Crippen MR) is 120 cm³/mol. The topological polar surface area (TPSA) is 84.6 Å². The van der Waals surface area contributed by atoms with Crippen LogP contribution in [-0.4, -0.2) is 48.9 Å². The fourth-order valence-electron chi connectivity index (χ4n) is 3.85. The van der Waals surface area contributed by atoms with Gasteiger partial charge in [0, 0.05) is 49.7 Å². The Labute approximate surface area is 183 Å². The van der Waals surface area contributed by atoms with Crippen molar-refractivity contribution in [1.29, 1.82) is 0 Å². The maximum Gasteiger partial charge on any atom is 0.228 e. The van der Waals surface area contributed by atoms with Gasteiger partial charge < -0.3 is 19.9 Å². The summed E-state index contributed by atoms with van der Waals surface area (Å²) >= 11 is 6.03. The third-order valence-corrected chi connectivity index (χ3v) is 5.47. The Balaban J connectivity index is 1.47. The minimum atomic E-state index is 0.127. The number of nitrogens with one attached hydrogen (secondary N) is 2. The van der Waals surface area contributed by atoms with Crippen molar-refractivity contribution in [3.8, 4) is 11.4 Å². The summed E-state index contributed by atoms with van der Waals surface area (Å²) in [6.45, 7) is 9.05. The molecule has 1 saturated heterocycles. The van der Waals surface area contributed by atoms with Gasteiger partial charge in [-0.2, -0.15) is 4.98 Å². The number of aromatic nitrogens is 2. The molecular weight excluding hydrogens is 402 g/mol. The molecule has 2 N–H and O–H groups in total. The lowest BCUT2D eigenvalue weighted by Crippen LogP contribution is -2.47. The van der Waals surface area contributed by atoms with Gasteiger partial charge in [0.15, 0.2) is 5.96 Å². The van der Waals surface area contributed by atoms with Gasteiger partial charge in [-0.1, -0.05) is 49.7 Å². The summed E-state index contributed by atoms with van der Waals surface area (Å²) < 4.78 is 11.4. The molecule has 164 valence electrons. The van der Waals surface area contributed by atoms with Crippen molar-refractivity contribution in [3.05, 3.63) is 35.2 Å². The Morgan fingerprint density at radius 3 is 2.87 bits per heavy atom. The van der Waals surface area contributed by atoms with Crippen LogP contribution in [0, 0.1) is 11.3 Å². The van der Waals surface area contributed by atoms with Crippen LogP contribution in [0.4, 0.5) is 0 Å². The van der Waals surface area contributed by atoms with E-state index in [0.29, 0.717) is 35.6 Å². The summed E-state index contributed by atoms with van der Waals surface area (Å²) in [5, 5.41) is 11.4. The first kappa shape index (κ1) is 22.6. The smallest absolute Gasteiger partial charge is 0.228 e. The molecule has 0 amide bonds. The number of halogens is 1. The minimum Gasteiger partial charge on any atom is -0.377 e. The third kappa shape index (κ3) is 6.19. The van der Waals surface area contributed by atoms with E-state index in [9.17, 15) is 0 Å². The lowest BCUT2D eigenvalue weighted by Gasteiger charge is -2.40. The number of ether oxygens (including phenoxy) is 1. The highest BCUT2D eigenvalue weighted by Crippen LogP contribution is 2.33. The zero-order valence-electron chi connectivity index (χ0n) is 18.2. The molecule has 0 saturated carbocycles. The molecule has 2 atom stereocenters. The molecule has 1 fully saturated rings. The van der Waals surface area contributed by atoms with Gasteiger partial charge in [-0.3, -0.25) is 4.99 Å². The normalized spacial score (nSPS) is 20.2. The fraction of sp³-hybridized carbons (Fsp3) is 0.591. The van der Waals surface area contributed by atoms with Gasteiger partial charge in [-0.25, -0.2) is 0 Å². The zero-order chi connectivity index (χ0) is 21.6. The molecule has 2 heterocycles. The fourth-order valence-corrected chi connectivity index (χ4v) is 4.04. The van der Waals surface area contributed by atoms with Crippen LogP contribution in [0.15, 0.2) is 33.8 Å². The van der Waals surface area contributed by atoms with Crippen molar-refractivity contribution < 1.29 is 9.26 Å². The van der Waals surface area contributed by atoms with Gasteiger partial charge in [-0.15, -0.1) is 0 Å². The van der Waals surface area contributed by atoms with Crippen molar-refractivity contribution in [1.82, 2.24) is 20.8 Å². The Morgan fingerprint density at radius 2 is 2.13 bits per heavy atom. The first-order chi connectivity index (χ1) is 14.4. The number of benzene rings is 1. The van der Waals surface area contributed by atoms with E-state index >= 15 is 0 Å². The highest BCUT2D eigenvalue weighted by molar-refractivity contribution is 6.30. The van der Waals surface area contributed by atoms with Crippen LogP contribution in [-0.2, 0) is 11.2 Å². The Morgan fingerprint density at radius 1 is 1.30 bits per heavy atom. The molecule has 2 unspecified atom stereocenters. The molecular formula is C22H32ClN5O2. The third-order valence-electron chi connectivity index (χ3n) is 5.24. The van der Waals surface area contributed by atoms with E-state index < -0.39 is 0 Å². The maximum atomic E-state index is 6.07. The zero-order valence-corrected chi connectivity index (χ0v) is 19.0. The largest absolute Gasteiger partial charge is 0.377 e. The monoisotopic (exact) mass is 433 g/mol. The summed E-state index contributed by atoms with van der Waals surface area (Å²) in [7, 11) is 1.78. The van der Waals surface area contributed by atoms with E-state index in [-0.39, 0.29) is 11.5 Å². The van der Waals surface area contributed by atoms with Crippen LogP contribution < -0.4 is 10.6 Å². The molecule has 3 rings (SSSR count). The summed E-state index contributed by atoms with van der Waals surface area (Å²) in [6.07, 6.45) is 3.13. The second-order valence-corrected chi connectivity index (χ2v) is 9.15. The van der Waals surface area contributed by atoms with Crippen LogP contribution >= 0.6 is 11.6 Å². The molecule has 0 bridgehead atoms. The van der Waals surface area contributed by atoms with Gasteiger partial charge in [0.25, 0.3) is 0 Å². The quantitative estimate of drug-likeness (QED) is 0.530. The minimum absolute atomic E-state index is 0.127. The molecule has 30 heavy (non-hydrogen) atoms. The molecule has 1 aromatic carbocycles. The Hall–Kier alpha value is -2.12. The molecule has 0 spiro atoms. The van der Waals surface area contributed by atoms with Crippen molar-refractivity contribution >= 4 is 17.6 Å². The van der Waals surface area contributed by atoms with Crippen LogP contribution in [0.3, 0.4) is 0 Å². The number of hydrogen-bond acceptors (Lipinski definition) is 5. The standard InChI is InChI=1S/C22H32ClN5O2/c1-22(2,3)19-16(8-6-12-29-19)14-26-21(24-4)25-11-10-18-27-20(28-30-18)15-7-5-9-17(23)13-15/h5,7,9,13,16,19H,6,8,10-12,14H2,1-4H3,(H2,24,25,26). The first-order valence-corrected chi connectivity index (χ1v) is 10.9. The van der Waals surface area contributed by atoms with Gasteiger partial charge in [0.05, 0.1) is 6.10 Å². The number of nitrogens with zero attached hydrogens (tertiary/aromatic N) is 3. The van der Waals surface area contributed by atoms with Crippen LogP contribution in [0.5, 0.6) is 0 Å². The lowest BCUT2D eigenvalue weighted by atomic mass is 9.78. The SMILES string of the molecule is CN=C(NCCc1nc(-c2cccc(Cl)c2)no1)NCC1CCCOC1C(C)(C)C. The van der Waals surface area contributed by atoms with E-state index in [1.54, 1.807) is 7.05 Å². The van der Waals surface area contributed by atoms with Gasteiger partial charge in [-0.05, 0) is 30.4 Å². The number of guanidine groups is 1. The van der Waals surface area contributed by atoms with E-state index in [1.807, 2.05) is 24.3 Å². The van der Waals surface area contributed by atoms with Gasteiger partial charge in [0.1, 0.15) is 0 Å². The predicted octanol–water partition coefficient (Wildman–Crippen LogP) is 3.94. The van der Waals surface area contributed by atoms with E-state index in [2.05, 4.69) is 46.5 Å². The summed E-state index contributed by atoms with van der Waals surface area (Å²) in [5.74, 6) is 2.35. The van der Waals surface area contributed by atoms with Gasteiger partial charge >= 0.3 is 0 Å². The number of hydrogen-bond donors (Lipinski definition) is 2. The molecule has 7 nitrogen and oxygen atoms in total. The van der Waals surface area contributed by atoms with Crippen molar-refractivity contribution in [2.45, 2.75) is 46.1 Å². The van der Waals surface area contributed by atoms with E-state index in [4.69, 9.17) is 20.9 Å².